The molecule has 0 aliphatic carbocycles. The van der Waals surface area contributed by atoms with Crippen molar-refractivity contribution >= 4 is 27.7 Å². The number of methoxy groups -OCH3 is 1. The first-order valence-electron chi connectivity index (χ1n) is 5.17. The van der Waals surface area contributed by atoms with Crippen molar-refractivity contribution < 1.29 is 9.47 Å². The van der Waals surface area contributed by atoms with Crippen LogP contribution in [-0.4, -0.2) is 25.7 Å². The Kier molecular flexibility index (Phi) is 6.73. The third-order valence-electron chi connectivity index (χ3n) is 2.16. The average Bonchev–Trinajstić information content (AvgIpc) is 2.34. The highest BCUT2D eigenvalue weighted by molar-refractivity contribution is 9.08. The maximum atomic E-state index is 5.78. The molecule has 0 spiro atoms. The fourth-order valence-electron chi connectivity index (χ4n) is 1.37. The lowest BCUT2D eigenvalue weighted by Crippen LogP contribution is -2.02. The molecule has 1 rings (SSSR count). The van der Waals surface area contributed by atoms with Gasteiger partial charge in [-0.2, -0.15) is 11.8 Å². The number of hydrogen-bond acceptors (Lipinski definition) is 3. The smallest absolute Gasteiger partial charge is 0.165 e. The summed E-state index contributed by atoms with van der Waals surface area (Å²) in [5.74, 6) is 2.79. The van der Waals surface area contributed by atoms with Gasteiger partial charge in [-0.1, -0.05) is 28.1 Å². The molecule has 0 saturated carbocycles. The molecule has 0 radical (unpaired) electrons. The Morgan fingerprint density at radius 3 is 2.81 bits per heavy atom. The number of benzene rings is 1. The second kappa shape index (κ2) is 7.85. The van der Waals surface area contributed by atoms with E-state index in [-0.39, 0.29) is 0 Å². The first-order chi connectivity index (χ1) is 7.83. The zero-order valence-corrected chi connectivity index (χ0v) is 12.1. The van der Waals surface area contributed by atoms with Crippen LogP contribution in [0.4, 0.5) is 0 Å². The third-order valence-corrected chi connectivity index (χ3v) is 3.46. The van der Waals surface area contributed by atoms with E-state index in [1.807, 2.05) is 30.0 Å². The molecule has 0 heterocycles. The molecule has 1 aromatic rings. The van der Waals surface area contributed by atoms with Gasteiger partial charge in [-0.3, -0.25) is 0 Å². The van der Waals surface area contributed by atoms with E-state index < -0.39 is 0 Å². The number of para-hydroxylation sites is 1. The summed E-state index contributed by atoms with van der Waals surface area (Å²) in [7, 11) is 1.67. The van der Waals surface area contributed by atoms with Crippen molar-refractivity contribution in [3.8, 4) is 11.5 Å². The standard InChI is InChI=1S/C12H17BrO2S/c1-14-11-6-3-5-10(9-13)12(11)15-7-4-8-16-2/h3,5-6H,4,7-9H2,1-2H3. The van der Waals surface area contributed by atoms with Crippen LogP contribution in [0, 0.1) is 0 Å². The molecule has 1 aromatic carbocycles. The minimum Gasteiger partial charge on any atom is -0.493 e. The summed E-state index contributed by atoms with van der Waals surface area (Å²) in [6.07, 6.45) is 3.16. The van der Waals surface area contributed by atoms with Gasteiger partial charge >= 0.3 is 0 Å². The Morgan fingerprint density at radius 1 is 1.38 bits per heavy atom. The lowest BCUT2D eigenvalue weighted by Gasteiger charge is -2.13. The van der Waals surface area contributed by atoms with E-state index in [2.05, 4.69) is 22.2 Å². The molecule has 0 unspecified atom stereocenters. The van der Waals surface area contributed by atoms with Crippen LogP contribution in [0.5, 0.6) is 11.5 Å². The van der Waals surface area contributed by atoms with Crippen molar-refractivity contribution in [1.82, 2.24) is 0 Å². The summed E-state index contributed by atoms with van der Waals surface area (Å²) in [6.45, 7) is 0.737. The van der Waals surface area contributed by atoms with Crippen LogP contribution in [0.25, 0.3) is 0 Å². The molecule has 0 saturated heterocycles. The summed E-state index contributed by atoms with van der Waals surface area (Å²) in [6, 6.07) is 5.95. The van der Waals surface area contributed by atoms with Gasteiger partial charge in [0.1, 0.15) is 0 Å². The zero-order valence-electron chi connectivity index (χ0n) is 9.66. The van der Waals surface area contributed by atoms with Crippen molar-refractivity contribution in [2.45, 2.75) is 11.8 Å². The molecule has 0 bridgehead atoms. The van der Waals surface area contributed by atoms with E-state index >= 15 is 0 Å². The van der Waals surface area contributed by atoms with Crippen LogP contribution in [-0.2, 0) is 5.33 Å². The number of alkyl halides is 1. The Balaban J connectivity index is 2.67. The van der Waals surface area contributed by atoms with Crippen molar-refractivity contribution in [1.29, 1.82) is 0 Å². The molecular weight excluding hydrogens is 288 g/mol. The highest BCUT2D eigenvalue weighted by Gasteiger charge is 2.09. The summed E-state index contributed by atoms with van der Waals surface area (Å²) < 4.78 is 11.1. The van der Waals surface area contributed by atoms with Gasteiger partial charge in [0, 0.05) is 10.9 Å². The Bertz CT molecular complexity index is 296. The van der Waals surface area contributed by atoms with Gasteiger partial charge in [0.25, 0.3) is 0 Å². The topological polar surface area (TPSA) is 18.5 Å². The second-order valence-electron chi connectivity index (χ2n) is 3.28. The number of halogens is 1. The highest BCUT2D eigenvalue weighted by Crippen LogP contribution is 2.32. The van der Waals surface area contributed by atoms with Gasteiger partial charge in [0.15, 0.2) is 11.5 Å². The zero-order chi connectivity index (χ0) is 11.8. The molecule has 0 aromatic heterocycles. The number of thioether (sulfide) groups is 1. The molecule has 0 N–H and O–H groups in total. The molecule has 4 heteroatoms. The van der Waals surface area contributed by atoms with Gasteiger partial charge in [-0.05, 0) is 24.5 Å². The third kappa shape index (κ3) is 3.91. The molecule has 90 valence electrons. The summed E-state index contributed by atoms with van der Waals surface area (Å²) >= 11 is 5.29. The van der Waals surface area contributed by atoms with Crippen LogP contribution in [0.2, 0.25) is 0 Å². The van der Waals surface area contributed by atoms with E-state index in [0.29, 0.717) is 0 Å². The van der Waals surface area contributed by atoms with Crippen molar-refractivity contribution in [2.24, 2.45) is 0 Å². The van der Waals surface area contributed by atoms with Gasteiger partial charge < -0.3 is 9.47 Å². The number of hydrogen-bond donors (Lipinski definition) is 0. The average molecular weight is 305 g/mol. The monoisotopic (exact) mass is 304 g/mol. The van der Waals surface area contributed by atoms with Crippen molar-refractivity contribution in [3.05, 3.63) is 23.8 Å². The van der Waals surface area contributed by atoms with Gasteiger partial charge in [0.05, 0.1) is 13.7 Å². The predicted octanol–water partition coefficient (Wildman–Crippen LogP) is 3.72. The minimum absolute atomic E-state index is 0.737. The number of ether oxygens (including phenoxy) is 2. The lowest BCUT2D eigenvalue weighted by molar-refractivity contribution is 0.293. The summed E-state index contributed by atoms with van der Waals surface area (Å²) in [5.41, 5.74) is 1.13. The second-order valence-corrected chi connectivity index (χ2v) is 4.82. The molecular formula is C12H17BrO2S. The van der Waals surface area contributed by atoms with Crippen LogP contribution >= 0.6 is 27.7 Å². The van der Waals surface area contributed by atoms with Gasteiger partial charge in [-0.15, -0.1) is 0 Å². The summed E-state index contributed by atoms with van der Waals surface area (Å²) in [5, 5.41) is 0.780. The highest BCUT2D eigenvalue weighted by atomic mass is 79.9. The Hall–Kier alpha value is -0.350. The first kappa shape index (κ1) is 13.7. The van der Waals surface area contributed by atoms with Crippen LogP contribution in [0.15, 0.2) is 18.2 Å². The minimum atomic E-state index is 0.737. The Morgan fingerprint density at radius 2 is 2.19 bits per heavy atom. The fraction of sp³-hybridized carbons (Fsp3) is 0.500. The molecule has 0 amide bonds. The lowest BCUT2D eigenvalue weighted by atomic mass is 10.2. The molecule has 0 fully saturated rings. The predicted molar refractivity (Wildman–Crippen MR) is 74.1 cm³/mol. The Labute approximate surface area is 110 Å². The normalized spacial score (nSPS) is 10.2. The van der Waals surface area contributed by atoms with Crippen molar-refractivity contribution in [3.63, 3.8) is 0 Å². The van der Waals surface area contributed by atoms with Crippen LogP contribution in [0.1, 0.15) is 12.0 Å². The number of rotatable bonds is 7. The molecule has 0 atom stereocenters. The largest absolute Gasteiger partial charge is 0.493 e. The quantitative estimate of drug-likeness (QED) is 0.565. The molecule has 16 heavy (non-hydrogen) atoms. The van der Waals surface area contributed by atoms with E-state index in [1.165, 1.54) is 0 Å². The maximum Gasteiger partial charge on any atom is 0.165 e. The van der Waals surface area contributed by atoms with Crippen molar-refractivity contribution in [2.75, 3.05) is 25.7 Å². The molecule has 0 aliphatic heterocycles. The van der Waals surface area contributed by atoms with E-state index in [9.17, 15) is 0 Å². The van der Waals surface area contributed by atoms with E-state index in [1.54, 1.807) is 7.11 Å². The van der Waals surface area contributed by atoms with Crippen LogP contribution in [0.3, 0.4) is 0 Å². The van der Waals surface area contributed by atoms with Gasteiger partial charge in [-0.25, -0.2) is 0 Å². The maximum absolute atomic E-state index is 5.78. The van der Waals surface area contributed by atoms with E-state index in [4.69, 9.17) is 9.47 Å². The first-order valence-corrected chi connectivity index (χ1v) is 7.68. The molecule has 0 aliphatic rings. The fourth-order valence-corrected chi connectivity index (χ4v) is 2.22. The van der Waals surface area contributed by atoms with E-state index in [0.717, 1.165) is 41.2 Å². The van der Waals surface area contributed by atoms with Gasteiger partial charge in [0.2, 0.25) is 0 Å². The molecule has 2 nitrogen and oxygen atoms in total. The summed E-state index contributed by atoms with van der Waals surface area (Å²) in [4.78, 5) is 0. The SMILES string of the molecule is COc1cccc(CBr)c1OCCCSC. The van der Waals surface area contributed by atoms with Crippen LogP contribution < -0.4 is 9.47 Å².